The Balaban J connectivity index is 2.22. The van der Waals surface area contributed by atoms with Crippen LogP contribution in [-0.4, -0.2) is 38.1 Å². The van der Waals surface area contributed by atoms with Gasteiger partial charge in [-0.1, -0.05) is 42.5 Å². The van der Waals surface area contributed by atoms with Crippen LogP contribution in [-0.2, 0) is 34.3 Å². The van der Waals surface area contributed by atoms with Gasteiger partial charge >= 0.3 is 18.3 Å². The van der Waals surface area contributed by atoms with Crippen LogP contribution in [0.4, 0.5) is 26.3 Å². The maximum absolute atomic E-state index is 14.0. The molecule has 1 saturated carbocycles. The summed E-state index contributed by atoms with van der Waals surface area (Å²) in [5.74, 6) is -3.04. The summed E-state index contributed by atoms with van der Waals surface area (Å²) in [6.45, 7) is 4.69. The normalized spacial score (nSPS) is 21.5. The average molecular weight is 579 g/mol. The molecule has 0 aromatic heterocycles. The molecule has 0 aliphatic heterocycles. The lowest BCUT2D eigenvalue weighted by molar-refractivity contribution is -0.297. The van der Waals surface area contributed by atoms with Crippen LogP contribution in [0.25, 0.3) is 0 Å². The van der Waals surface area contributed by atoms with Gasteiger partial charge in [-0.25, -0.2) is 8.42 Å². The van der Waals surface area contributed by atoms with Crippen LogP contribution in [0.5, 0.6) is 0 Å². The minimum absolute atomic E-state index is 0.0102. The monoisotopic (exact) mass is 578 g/mol. The van der Waals surface area contributed by atoms with E-state index in [1.807, 2.05) is 0 Å². The van der Waals surface area contributed by atoms with E-state index in [1.54, 1.807) is 26.8 Å². The van der Waals surface area contributed by atoms with Crippen molar-refractivity contribution >= 4 is 21.6 Å². The number of carbonyl (C=O) groups is 2. The van der Waals surface area contributed by atoms with Crippen molar-refractivity contribution in [3.63, 3.8) is 0 Å². The molecule has 2 atom stereocenters. The summed E-state index contributed by atoms with van der Waals surface area (Å²) in [5, 5.41) is 0. The van der Waals surface area contributed by atoms with Crippen molar-refractivity contribution in [2.45, 2.75) is 80.0 Å². The first-order chi connectivity index (χ1) is 17.7. The Morgan fingerprint density at radius 1 is 0.872 bits per heavy atom. The highest BCUT2D eigenvalue weighted by atomic mass is 32.2. The quantitative estimate of drug-likeness (QED) is 0.232. The van der Waals surface area contributed by atoms with Crippen LogP contribution in [0, 0.1) is 5.92 Å². The predicted octanol–water partition coefficient (Wildman–Crippen LogP) is 6.45. The fourth-order valence-corrected chi connectivity index (χ4v) is 6.88. The number of hydrogen-bond donors (Lipinski definition) is 0. The Bertz CT molecular complexity index is 1310. The van der Waals surface area contributed by atoms with Crippen molar-refractivity contribution in [3.8, 4) is 0 Å². The van der Waals surface area contributed by atoms with Crippen LogP contribution < -0.4 is 0 Å². The molecule has 39 heavy (non-hydrogen) atoms. The number of ether oxygens (including phenoxy) is 1. The van der Waals surface area contributed by atoms with Gasteiger partial charge in [-0.3, -0.25) is 9.59 Å². The Kier molecular flexibility index (Phi) is 7.81. The number of alkyl halides is 6. The van der Waals surface area contributed by atoms with Crippen molar-refractivity contribution in [1.29, 1.82) is 0 Å². The minimum Gasteiger partial charge on any atom is -0.459 e. The molecule has 0 heterocycles. The Hall–Kier alpha value is -2.89. The zero-order chi connectivity index (χ0) is 29.7. The molecule has 3 rings (SSSR count). The fourth-order valence-electron chi connectivity index (χ4n) is 4.71. The number of halogens is 6. The fraction of sp³-hybridized carbons (Fsp3) is 0.481. The first-order valence-electron chi connectivity index (χ1n) is 12.0. The smallest absolute Gasteiger partial charge is 0.406 e. The van der Waals surface area contributed by atoms with Crippen LogP contribution in [0.1, 0.15) is 58.1 Å². The lowest BCUT2D eigenvalue weighted by Gasteiger charge is -2.40. The van der Waals surface area contributed by atoms with Gasteiger partial charge in [0.15, 0.2) is 15.3 Å². The molecule has 2 unspecified atom stereocenters. The third kappa shape index (κ3) is 5.44. The predicted molar refractivity (Wildman–Crippen MR) is 129 cm³/mol. The molecule has 2 aromatic rings. The minimum atomic E-state index is -5.69. The van der Waals surface area contributed by atoms with E-state index in [0.717, 1.165) is 12.1 Å². The number of benzene rings is 2. The van der Waals surface area contributed by atoms with E-state index in [-0.39, 0.29) is 30.2 Å². The molecule has 1 aliphatic carbocycles. The number of Topliss-reactive ketones (excluding diaryl/α,β-unsaturated/α-hetero) is 1. The zero-order valence-corrected chi connectivity index (χ0v) is 22.4. The summed E-state index contributed by atoms with van der Waals surface area (Å²) in [5.41, 5.74) is -6.49. The van der Waals surface area contributed by atoms with Gasteiger partial charge in [0.1, 0.15) is 22.0 Å². The lowest BCUT2D eigenvalue weighted by Crippen LogP contribution is -2.51. The molecule has 0 amide bonds. The van der Waals surface area contributed by atoms with E-state index in [4.69, 9.17) is 4.74 Å². The molecule has 0 radical (unpaired) electrons. The van der Waals surface area contributed by atoms with Gasteiger partial charge in [0.25, 0.3) is 0 Å². The molecule has 0 spiro atoms. The number of hydrogen-bond acceptors (Lipinski definition) is 5. The number of ketones is 1. The summed E-state index contributed by atoms with van der Waals surface area (Å²) in [6.07, 6.45) is -12.7. The highest BCUT2D eigenvalue weighted by molar-refractivity contribution is 7.92. The Morgan fingerprint density at radius 3 is 1.85 bits per heavy atom. The molecule has 1 fully saturated rings. The van der Waals surface area contributed by atoms with E-state index in [0.29, 0.717) is 12.1 Å². The van der Waals surface area contributed by atoms with Crippen LogP contribution in [0.3, 0.4) is 0 Å². The maximum atomic E-state index is 14.0. The third-order valence-electron chi connectivity index (χ3n) is 7.08. The van der Waals surface area contributed by atoms with Gasteiger partial charge in [-0.2, -0.15) is 26.3 Å². The first-order valence-corrected chi connectivity index (χ1v) is 13.5. The van der Waals surface area contributed by atoms with E-state index in [1.165, 1.54) is 24.3 Å². The molecule has 5 nitrogen and oxygen atoms in total. The van der Waals surface area contributed by atoms with Gasteiger partial charge in [-0.05, 0) is 63.8 Å². The summed E-state index contributed by atoms with van der Waals surface area (Å²) in [4.78, 5) is 25.5. The van der Waals surface area contributed by atoms with E-state index < -0.39 is 67.6 Å². The molecule has 214 valence electrons. The van der Waals surface area contributed by atoms with Gasteiger partial charge in [0, 0.05) is 6.42 Å². The van der Waals surface area contributed by atoms with E-state index in [2.05, 4.69) is 0 Å². The summed E-state index contributed by atoms with van der Waals surface area (Å²) >= 11 is 0. The van der Waals surface area contributed by atoms with Crippen molar-refractivity contribution in [3.05, 3.63) is 65.7 Å². The molecule has 1 aliphatic rings. The topological polar surface area (TPSA) is 77.5 Å². The number of sulfone groups is 1. The van der Waals surface area contributed by atoms with Crippen molar-refractivity contribution < 1.29 is 49.1 Å². The summed E-state index contributed by atoms with van der Waals surface area (Å²) < 4.78 is 113. The second kappa shape index (κ2) is 9.94. The molecule has 0 N–H and O–H groups in total. The average Bonchev–Trinajstić information content (AvgIpc) is 2.82. The lowest BCUT2D eigenvalue weighted by atomic mass is 9.75. The van der Waals surface area contributed by atoms with Crippen LogP contribution >= 0.6 is 0 Å². The molecular weight excluding hydrogens is 550 g/mol. The first kappa shape index (κ1) is 30.6. The van der Waals surface area contributed by atoms with Crippen LogP contribution in [0.15, 0.2) is 59.5 Å². The highest BCUT2D eigenvalue weighted by Crippen LogP contribution is 2.53. The standard InChI is InChI=1S/C27H28F6O5S/c1-23(2,3)38-22(35)20-16-25(15-14-21(20)34,39(36,37)19-8-6-5-7-9-19)18-12-10-17(11-13-18)24(4,26(28,29)30)27(31,32)33/h5-13,20H,14-16H2,1-4H3. The van der Waals surface area contributed by atoms with Gasteiger partial charge < -0.3 is 4.74 Å². The van der Waals surface area contributed by atoms with Crippen molar-refractivity contribution in [1.82, 2.24) is 0 Å². The highest BCUT2D eigenvalue weighted by Gasteiger charge is 2.68. The number of carbonyl (C=O) groups excluding carboxylic acids is 2. The Morgan fingerprint density at radius 2 is 1.38 bits per heavy atom. The molecular formula is C27H28F6O5S. The largest absolute Gasteiger partial charge is 0.459 e. The number of esters is 1. The molecule has 0 bridgehead atoms. The summed E-state index contributed by atoms with van der Waals surface area (Å²) in [6, 6.07) is 10.0. The van der Waals surface area contributed by atoms with E-state index in [9.17, 15) is 44.3 Å². The molecule has 12 heteroatoms. The summed E-state index contributed by atoms with van der Waals surface area (Å²) in [7, 11) is -4.42. The maximum Gasteiger partial charge on any atom is 0.406 e. The third-order valence-corrected chi connectivity index (χ3v) is 9.61. The second-order valence-electron chi connectivity index (χ2n) is 10.8. The van der Waals surface area contributed by atoms with E-state index >= 15 is 0 Å². The zero-order valence-electron chi connectivity index (χ0n) is 21.6. The number of rotatable bonds is 5. The van der Waals surface area contributed by atoms with Crippen molar-refractivity contribution in [2.24, 2.45) is 5.92 Å². The van der Waals surface area contributed by atoms with Gasteiger partial charge in [0.05, 0.1) is 4.90 Å². The molecule has 0 saturated heterocycles. The van der Waals surface area contributed by atoms with Gasteiger partial charge in [0.2, 0.25) is 0 Å². The Labute approximate surface area is 222 Å². The van der Waals surface area contributed by atoms with Crippen molar-refractivity contribution in [2.75, 3.05) is 0 Å². The van der Waals surface area contributed by atoms with Gasteiger partial charge in [-0.15, -0.1) is 0 Å². The SMILES string of the molecule is CC(C)(C)OC(=O)C1CC(c2ccc(C(C)(C(F)(F)F)C(F)(F)F)cc2)(S(=O)(=O)c2ccccc2)CCC1=O. The second-order valence-corrected chi connectivity index (χ2v) is 13.0. The van der Waals surface area contributed by atoms with Crippen LogP contribution in [0.2, 0.25) is 0 Å². The molecule has 2 aromatic carbocycles.